The SMILES string of the molecule is NC(=O)CCn1c(SCC(=O)Nc2ccc(SC(F)F)cc2)nnc1C1CC1. The molecular formula is C17H19F2N5O2S2. The van der Waals surface area contributed by atoms with Gasteiger partial charge in [-0.15, -0.1) is 10.2 Å². The molecule has 3 N–H and O–H groups in total. The molecule has 0 unspecified atom stereocenters. The zero-order chi connectivity index (χ0) is 20.1. The largest absolute Gasteiger partial charge is 0.370 e. The smallest absolute Gasteiger partial charge is 0.288 e. The van der Waals surface area contributed by atoms with E-state index >= 15 is 0 Å². The minimum absolute atomic E-state index is 0.104. The van der Waals surface area contributed by atoms with Crippen LogP contribution in [-0.4, -0.2) is 38.1 Å². The van der Waals surface area contributed by atoms with Gasteiger partial charge < -0.3 is 15.6 Å². The summed E-state index contributed by atoms with van der Waals surface area (Å²) < 4.78 is 26.5. The standard InChI is InChI=1S/C17H19F2N5O2S2/c18-16(19)28-12-5-3-11(4-6-12)21-14(26)9-27-17-23-22-15(10-1-2-10)24(17)8-7-13(20)25/h3-6,10,16H,1-2,7-9H2,(H2,20,25)(H,21,26). The van der Waals surface area contributed by atoms with Crippen LogP contribution in [-0.2, 0) is 16.1 Å². The minimum Gasteiger partial charge on any atom is -0.370 e. The number of alkyl halides is 2. The van der Waals surface area contributed by atoms with E-state index in [1.54, 1.807) is 12.1 Å². The molecule has 0 saturated heterocycles. The van der Waals surface area contributed by atoms with Crippen molar-refractivity contribution < 1.29 is 18.4 Å². The van der Waals surface area contributed by atoms with Crippen molar-refractivity contribution in [3.8, 4) is 0 Å². The average molecular weight is 428 g/mol. The number of halogens is 2. The number of carbonyl (C=O) groups is 2. The Bertz CT molecular complexity index is 841. The second kappa shape index (κ2) is 9.37. The number of nitrogens with zero attached hydrogens (tertiary/aromatic N) is 3. The van der Waals surface area contributed by atoms with Gasteiger partial charge in [-0.2, -0.15) is 8.78 Å². The Morgan fingerprint density at radius 2 is 1.96 bits per heavy atom. The number of rotatable bonds is 10. The Kier molecular flexibility index (Phi) is 6.89. The number of hydrogen-bond donors (Lipinski definition) is 2. The number of nitrogens with one attached hydrogen (secondary N) is 1. The normalized spacial score (nSPS) is 13.7. The van der Waals surface area contributed by atoms with E-state index in [2.05, 4.69) is 15.5 Å². The number of nitrogens with two attached hydrogens (primary N) is 1. The number of thioether (sulfide) groups is 2. The molecule has 2 aromatic rings. The first-order chi connectivity index (χ1) is 13.4. The van der Waals surface area contributed by atoms with Gasteiger partial charge in [-0.3, -0.25) is 9.59 Å². The molecule has 1 saturated carbocycles. The number of anilines is 1. The summed E-state index contributed by atoms with van der Waals surface area (Å²) in [4.78, 5) is 23.7. The van der Waals surface area contributed by atoms with Crippen molar-refractivity contribution in [2.24, 2.45) is 5.73 Å². The lowest BCUT2D eigenvalue weighted by Crippen LogP contribution is -2.17. The maximum atomic E-state index is 12.3. The lowest BCUT2D eigenvalue weighted by atomic mass is 10.3. The number of carbonyl (C=O) groups excluding carboxylic acids is 2. The molecule has 1 aliphatic carbocycles. The Hall–Kier alpha value is -2.14. The van der Waals surface area contributed by atoms with Crippen LogP contribution < -0.4 is 11.1 Å². The van der Waals surface area contributed by atoms with Crippen LogP contribution in [0.25, 0.3) is 0 Å². The fourth-order valence-electron chi connectivity index (χ4n) is 2.53. The number of primary amides is 1. The third-order valence-corrected chi connectivity index (χ3v) is 5.65. The zero-order valence-electron chi connectivity index (χ0n) is 14.8. The summed E-state index contributed by atoms with van der Waals surface area (Å²) in [5.74, 6) is -1.85. The molecule has 150 valence electrons. The van der Waals surface area contributed by atoms with Gasteiger partial charge in [0, 0.05) is 29.5 Å². The van der Waals surface area contributed by atoms with Crippen LogP contribution in [0.15, 0.2) is 34.3 Å². The van der Waals surface area contributed by atoms with Crippen molar-refractivity contribution in [1.29, 1.82) is 0 Å². The average Bonchev–Trinajstić information content (AvgIpc) is 3.40. The monoisotopic (exact) mass is 427 g/mol. The molecule has 1 aromatic carbocycles. The Balaban J connectivity index is 1.56. The van der Waals surface area contributed by atoms with Crippen molar-refractivity contribution >= 4 is 41.0 Å². The maximum Gasteiger partial charge on any atom is 0.288 e. The topological polar surface area (TPSA) is 103 Å². The summed E-state index contributed by atoms with van der Waals surface area (Å²) in [5, 5.41) is 11.6. The van der Waals surface area contributed by atoms with Gasteiger partial charge in [0.15, 0.2) is 5.16 Å². The quantitative estimate of drug-likeness (QED) is 0.565. The van der Waals surface area contributed by atoms with Gasteiger partial charge in [0.25, 0.3) is 5.76 Å². The summed E-state index contributed by atoms with van der Waals surface area (Å²) in [6.45, 7) is 0.390. The van der Waals surface area contributed by atoms with Crippen molar-refractivity contribution in [1.82, 2.24) is 14.8 Å². The summed E-state index contributed by atoms with van der Waals surface area (Å²) in [6.07, 6.45) is 2.26. The predicted molar refractivity (Wildman–Crippen MR) is 103 cm³/mol. The zero-order valence-corrected chi connectivity index (χ0v) is 16.4. The van der Waals surface area contributed by atoms with Crippen LogP contribution >= 0.6 is 23.5 Å². The highest BCUT2D eigenvalue weighted by molar-refractivity contribution is 8.00. The van der Waals surface area contributed by atoms with Gasteiger partial charge in [0.05, 0.1) is 5.75 Å². The molecule has 0 spiro atoms. The van der Waals surface area contributed by atoms with E-state index in [0.717, 1.165) is 18.7 Å². The number of amides is 2. The summed E-state index contributed by atoms with van der Waals surface area (Å²) >= 11 is 1.68. The van der Waals surface area contributed by atoms with Crippen LogP contribution in [0.3, 0.4) is 0 Å². The fourth-order valence-corrected chi connectivity index (χ4v) is 3.80. The molecule has 1 aliphatic rings. The van der Waals surface area contributed by atoms with E-state index in [0.29, 0.717) is 40.0 Å². The number of benzene rings is 1. The van der Waals surface area contributed by atoms with Gasteiger partial charge in [-0.25, -0.2) is 0 Å². The minimum atomic E-state index is -2.48. The molecule has 7 nitrogen and oxygen atoms in total. The Morgan fingerprint density at radius 1 is 1.25 bits per heavy atom. The van der Waals surface area contributed by atoms with E-state index in [1.165, 1.54) is 23.9 Å². The molecule has 0 atom stereocenters. The van der Waals surface area contributed by atoms with Crippen molar-refractivity contribution in [3.63, 3.8) is 0 Å². The molecule has 3 rings (SSSR count). The Morgan fingerprint density at radius 3 is 2.57 bits per heavy atom. The van der Waals surface area contributed by atoms with Crippen LogP contribution in [0, 0.1) is 0 Å². The molecule has 2 amide bonds. The summed E-state index contributed by atoms with van der Waals surface area (Å²) in [7, 11) is 0. The van der Waals surface area contributed by atoms with Crippen molar-refractivity contribution in [3.05, 3.63) is 30.1 Å². The fraction of sp³-hybridized carbons (Fsp3) is 0.412. The third kappa shape index (κ3) is 5.93. The van der Waals surface area contributed by atoms with Gasteiger partial charge in [0.1, 0.15) is 5.82 Å². The van der Waals surface area contributed by atoms with Gasteiger partial charge in [-0.1, -0.05) is 23.5 Å². The Labute approximate surface area is 168 Å². The van der Waals surface area contributed by atoms with Crippen molar-refractivity contribution in [2.75, 3.05) is 11.1 Å². The van der Waals surface area contributed by atoms with Crippen LogP contribution in [0.4, 0.5) is 14.5 Å². The summed E-state index contributed by atoms with van der Waals surface area (Å²) in [6, 6.07) is 6.21. The molecule has 1 heterocycles. The van der Waals surface area contributed by atoms with Gasteiger partial charge in [0.2, 0.25) is 11.8 Å². The van der Waals surface area contributed by atoms with Crippen molar-refractivity contribution in [2.45, 2.75) is 47.5 Å². The molecule has 1 aromatic heterocycles. The molecule has 0 radical (unpaired) electrons. The highest BCUT2D eigenvalue weighted by atomic mass is 32.2. The molecule has 28 heavy (non-hydrogen) atoms. The van der Waals surface area contributed by atoms with Crippen LogP contribution in [0.5, 0.6) is 0 Å². The highest BCUT2D eigenvalue weighted by Crippen LogP contribution is 2.40. The maximum absolute atomic E-state index is 12.3. The van der Waals surface area contributed by atoms with E-state index in [1.807, 2.05) is 4.57 Å². The first-order valence-corrected chi connectivity index (χ1v) is 10.5. The first kappa shape index (κ1) is 20.6. The van der Waals surface area contributed by atoms with Crippen LogP contribution in [0.2, 0.25) is 0 Å². The number of aromatic nitrogens is 3. The molecule has 1 fully saturated rings. The predicted octanol–water partition coefficient (Wildman–Crippen LogP) is 3.08. The number of hydrogen-bond acceptors (Lipinski definition) is 6. The third-order valence-electron chi connectivity index (χ3n) is 3.97. The summed E-state index contributed by atoms with van der Waals surface area (Å²) in [5.41, 5.74) is 5.77. The van der Waals surface area contributed by atoms with E-state index < -0.39 is 11.7 Å². The molecule has 0 aliphatic heterocycles. The molecule has 0 bridgehead atoms. The van der Waals surface area contributed by atoms with E-state index in [9.17, 15) is 18.4 Å². The van der Waals surface area contributed by atoms with E-state index in [-0.39, 0.29) is 18.1 Å². The second-order valence-electron chi connectivity index (χ2n) is 6.22. The van der Waals surface area contributed by atoms with Gasteiger partial charge in [-0.05, 0) is 37.1 Å². The molecule has 11 heteroatoms. The van der Waals surface area contributed by atoms with Crippen LogP contribution in [0.1, 0.15) is 31.0 Å². The van der Waals surface area contributed by atoms with E-state index in [4.69, 9.17) is 5.73 Å². The lowest BCUT2D eigenvalue weighted by molar-refractivity contribution is -0.118. The van der Waals surface area contributed by atoms with Gasteiger partial charge >= 0.3 is 0 Å². The lowest BCUT2D eigenvalue weighted by Gasteiger charge is -2.09. The second-order valence-corrected chi connectivity index (χ2v) is 8.23. The highest BCUT2D eigenvalue weighted by Gasteiger charge is 2.30. The molecular weight excluding hydrogens is 408 g/mol. The first-order valence-electron chi connectivity index (χ1n) is 8.61.